The van der Waals surface area contributed by atoms with Crippen molar-refractivity contribution < 1.29 is 24.2 Å². The van der Waals surface area contributed by atoms with Crippen LogP contribution >= 0.6 is 0 Å². The number of aliphatic carboxylic acids is 1. The predicted octanol–water partition coefficient (Wildman–Crippen LogP) is 1.13. The lowest BCUT2D eigenvalue weighted by Crippen LogP contribution is -2.47. The maximum absolute atomic E-state index is 13.0. The van der Waals surface area contributed by atoms with Gasteiger partial charge in [0, 0.05) is 18.2 Å². The Morgan fingerprint density at radius 2 is 1.89 bits per heavy atom. The summed E-state index contributed by atoms with van der Waals surface area (Å²) in [7, 11) is 0. The van der Waals surface area contributed by atoms with E-state index in [9.17, 15) is 19.5 Å². The second-order valence-corrected chi connectivity index (χ2v) is 8.94. The number of imidazole rings is 1. The Morgan fingerprint density at radius 1 is 1.17 bits per heavy atom. The summed E-state index contributed by atoms with van der Waals surface area (Å²) in [6.45, 7) is 5.06. The van der Waals surface area contributed by atoms with Gasteiger partial charge in [0.2, 0.25) is 5.91 Å². The second-order valence-electron chi connectivity index (χ2n) is 8.94. The van der Waals surface area contributed by atoms with Crippen molar-refractivity contribution in [2.75, 3.05) is 25.0 Å². The van der Waals surface area contributed by atoms with Crippen LogP contribution in [0, 0.1) is 0 Å². The number of rotatable bonds is 10. The highest BCUT2D eigenvalue weighted by molar-refractivity contribution is 6.06. The van der Waals surface area contributed by atoms with E-state index >= 15 is 0 Å². The minimum absolute atomic E-state index is 0.00120. The Hall–Kier alpha value is -3.90. The molecule has 0 saturated carbocycles. The molecule has 0 radical (unpaired) electrons. The van der Waals surface area contributed by atoms with Crippen LogP contribution < -0.4 is 11.1 Å². The first-order chi connectivity index (χ1) is 16.5. The highest BCUT2D eigenvalue weighted by Crippen LogP contribution is 2.18. The van der Waals surface area contributed by atoms with E-state index in [4.69, 9.17) is 10.5 Å². The van der Waals surface area contributed by atoms with Crippen molar-refractivity contribution in [1.82, 2.24) is 24.4 Å². The highest BCUT2D eigenvalue weighted by atomic mass is 16.5. The quantitative estimate of drug-likeness (QED) is 0.383. The van der Waals surface area contributed by atoms with E-state index in [1.807, 2.05) is 20.8 Å². The summed E-state index contributed by atoms with van der Waals surface area (Å²) in [6, 6.07) is 8.05. The second kappa shape index (κ2) is 11.0. The molecule has 0 aliphatic rings. The zero-order chi connectivity index (χ0) is 25.6. The van der Waals surface area contributed by atoms with Crippen molar-refractivity contribution in [1.29, 1.82) is 0 Å². The Bertz CT molecular complexity index is 1190. The number of fused-ring (bicyclic) bond motifs is 1. The van der Waals surface area contributed by atoms with E-state index in [0.29, 0.717) is 16.7 Å². The number of ether oxygens (including phenoxy) is 1. The molecule has 0 spiro atoms. The van der Waals surface area contributed by atoms with E-state index < -0.39 is 30.1 Å². The lowest BCUT2D eigenvalue weighted by Gasteiger charge is -2.27. The Balaban J connectivity index is 1.74. The summed E-state index contributed by atoms with van der Waals surface area (Å²) in [5, 5.41) is 12.0. The first kappa shape index (κ1) is 25.7. The number of carbonyl (C=O) groups is 3. The molecule has 12 nitrogen and oxygen atoms in total. The van der Waals surface area contributed by atoms with Gasteiger partial charge in [-0.25, -0.2) is 15.0 Å². The number of benzene rings is 1. The van der Waals surface area contributed by atoms with Gasteiger partial charge in [-0.1, -0.05) is 18.2 Å². The maximum atomic E-state index is 13.0. The van der Waals surface area contributed by atoms with Gasteiger partial charge < -0.3 is 30.4 Å². The molecule has 186 valence electrons. The molecule has 3 aromatic rings. The third kappa shape index (κ3) is 7.29. The first-order valence-electron chi connectivity index (χ1n) is 10.9. The van der Waals surface area contributed by atoms with Gasteiger partial charge in [0.25, 0.3) is 5.91 Å². The molecule has 0 unspecified atom stereocenters. The predicted molar refractivity (Wildman–Crippen MR) is 128 cm³/mol. The number of hydrogen-bond acceptors (Lipinski definition) is 8. The molecule has 0 saturated heterocycles. The smallest absolute Gasteiger partial charge is 0.323 e. The van der Waals surface area contributed by atoms with Crippen molar-refractivity contribution in [2.45, 2.75) is 39.0 Å². The van der Waals surface area contributed by atoms with E-state index in [1.54, 1.807) is 30.3 Å². The number of nitrogens with zero attached hydrogens (tertiary/aromatic N) is 5. The van der Waals surface area contributed by atoms with Gasteiger partial charge in [0.1, 0.15) is 19.4 Å². The van der Waals surface area contributed by atoms with Crippen LogP contribution in [-0.2, 0) is 20.9 Å². The molecule has 0 aliphatic heterocycles. The molecular weight excluding hydrogens is 454 g/mol. The average Bonchev–Trinajstić information content (AvgIpc) is 3.21. The monoisotopic (exact) mass is 483 g/mol. The largest absolute Gasteiger partial charge is 0.480 e. The molecule has 1 atom stereocenters. The Labute approximate surface area is 202 Å². The highest BCUT2D eigenvalue weighted by Gasteiger charge is 2.23. The molecule has 0 bridgehead atoms. The Kier molecular flexibility index (Phi) is 8.10. The maximum Gasteiger partial charge on any atom is 0.323 e. The summed E-state index contributed by atoms with van der Waals surface area (Å²) >= 11 is 0. The molecule has 35 heavy (non-hydrogen) atoms. The fourth-order valence-corrected chi connectivity index (χ4v) is 3.21. The van der Waals surface area contributed by atoms with E-state index in [1.165, 1.54) is 17.2 Å². The first-order valence-corrected chi connectivity index (χ1v) is 10.9. The zero-order valence-corrected chi connectivity index (χ0v) is 19.8. The number of carboxylic acid groups (broad SMARTS) is 1. The van der Waals surface area contributed by atoms with Crippen molar-refractivity contribution in [3.8, 4) is 0 Å². The van der Waals surface area contributed by atoms with Gasteiger partial charge in [0.15, 0.2) is 17.0 Å². The number of aromatic nitrogens is 4. The molecule has 3 rings (SSSR count). The standard InChI is InChI=1S/C23H29N7O5/c1-23(2,3)35-12-16(24)9-29(11-18(32)33)17(31)10-30-14-27-19-20(25-13-26-21(19)30)28-22(34)15-7-5-4-6-8-15/h4-8,13-14,16H,9-12,24H2,1-3H3,(H,32,33)(H,25,26,28,34)/t16-/m1/s1. The average molecular weight is 484 g/mol. The zero-order valence-electron chi connectivity index (χ0n) is 19.8. The third-order valence-corrected chi connectivity index (χ3v) is 4.84. The van der Waals surface area contributed by atoms with Gasteiger partial charge in [-0.3, -0.25) is 14.4 Å². The lowest BCUT2D eigenvalue weighted by molar-refractivity contribution is -0.145. The Morgan fingerprint density at radius 3 is 2.54 bits per heavy atom. The van der Waals surface area contributed by atoms with Crippen LogP contribution in [0.1, 0.15) is 31.1 Å². The van der Waals surface area contributed by atoms with Crippen molar-refractivity contribution in [3.63, 3.8) is 0 Å². The molecule has 1 aromatic carbocycles. The van der Waals surface area contributed by atoms with Crippen molar-refractivity contribution >= 4 is 34.8 Å². The molecule has 0 fully saturated rings. The number of amides is 2. The fourth-order valence-electron chi connectivity index (χ4n) is 3.21. The molecule has 4 N–H and O–H groups in total. The number of nitrogens with two attached hydrogens (primary N) is 1. The third-order valence-electron chi connectivity index (χ3n) is 4.84. The van der Waals surface area contributed by atoms with Crippen LogP contribution in [0.3, 0.4) is 0 Å². The van der Waals surface area contributed by atoms with Crippen molar-refractivity contribution in [3.05, 3.63) is 48.5 Å². The van der Waals surface area contributed by atoms with Gasteiger partial charge in [-0.2, -0.15) is 0 Å². The van der Waals surface area contributed by atoms with E-state index in [0.717, 1.165) is 4.90 Å². The fraction of sp³-hybridized carbons (Fsp3) is 0.391. The summed E-state index contributed by atoms with van der Waals surface area (Å²) in [5.74, 6) is -1.81. The number of carboxylic acids is 1. The SMILES string of the molecule is CC(C)(C)OC[C@H](N)CN(CC(=O)O)C(=O)Cn1cnc2c(NC(=O)c3ccccc3)ncnc21. The molecule has 0 aliphatic carbocycles. The minimum atomic E-state index is -1.16. The molecule has 12 heteroatoms. The lowest BCUT2D eigenvalue weighted by atomic mass is 10.2. The minimum Gasteiger partial charge on any atom is -0.480 e. The van der Waals surface area contributed by atoms with Gasteiger partial charge in [0.05, 0.1) is 18.5 Å². The summed E-state index contributed by atoms with van der Waals surface area (Å²) in [5.41, 5.74) is 6.72. The number of anilines is 1. The number of carbonyl (C=O) groups excluding carboxylic acids is 2. The molecule has 2 heterocycles. The summed E-state index contributed by atoms with van der Waals surface area (Å²) in [4.78, 5) is 50.5. The van der Waals surface area contributed by atoms with Crippen molar-refractivity contribution in [2.24, 2.45) is 5.73 Å². The molecule has 2 aromatic heterocycles. The summed E-state index contributed by atoms with van der Waals surface area (Å²) in [6.07, 6.45) is 2.64. The number of hydrogen-bond donors (Lipinski definition) is 3. The van der Waals surface area contributed by atoms with Gasteiger partial charge in [-0.15, -0.1) is 0 Å². The molecule has 2 amide bonds. The van der Waals surface area contributed by atoms with Crippen LogP contribution in [0.2, 0.25) is 0 Å². The normalized spacial score (nSPS) is 12.3. The van der Waals surface area contributed by atoms with Crippen LogP contribution in [0.4, 0.5) is 5.82 Å². The van der Waals surface area contributed by atoms with E-state index in [-0.39, 0.29) is 31.4 Å². The number of nitrogens with one attached hydrogen (secondary N) is 1. The van der Waals surface area contributed by atoms with Crippen LogP contribution in [0.15, 0.2) is 43.0 Å². The topological polar surface area (TPSA) is 166 Å². The van der Waals surface area contributed by atoms with Crippen LogP contribution in [-0.4, -0.2) is 78.6 Å². The van der Waals surface area contributed by atoms with Crippen LogP contribution in [0.25, 0.3) is 11.2 Å². The molecular formula is C23H29N7O5. The van der Waals surface area contributed by atoms with Gasteiger partial charge >= 0.3 is 5.97 Å². The van der Waals surface area contributed by atoms with E-state index in [2.05, 4.69) is 20.3 Å². The van der Waals surface area contributed by atoms with Crippen LogP contribution in [0.5, 0.6) is 0 Å². The van der Waals surface area contributed by atoms with Gasteiger partial charge in [-0.05, 0) is 32.9 Å². The summed E-state index contributed by atoms with van der Waals surface area (Å²) < 4.78 is 7.10.